The summed E-state index contributed by atoms with van der Waals surface area (Å²) in [5.41, 5.74) is 0.667. The van der Waals surface area contributed by atoms with Gasteiger partial charge in [0.05, 0.1) is 11.4 Å². The second-order valence-electron chi connectivity index (χ2n) is 3.95. The molecule has 0 aliphatic rings. The van der Waals surface area contributed by atoms with Gasteiger partial charge in [-0.2, -0.15) is 0 Å². The second kappa shape index (κ2) is 7.33. The molecule has 0 aliphatic heterocycles. The summed E-state index contributed by atoms with van der Waals surface area (Å²) in [5.74, 6) is 0.955. The number of methoxy groups -OCH3 is 2. The maximum atomic E-state index is 13.1. The van der Waals surface area contributed by atoms with Gasteiger partial charge in [-0.25, -0.2) is 14.4 Å². The average molecular weight is 294 g/mol. The van der Waals surface area contributed by atoms with Gasteiger partial charge in [-0.3, -0.25) is 0 Å². The molecular weight excluding hydrogens is 279 g/mol. The molecule has 0 spiro atoms. The Balaban J connectivity index is 2.04. The zero-order valence-corrected chi connectivity index (χ0v) is 12.1. The lowest BCUT2D eigenvalue weighted by Gasteiger charge is -2.12. The van der Waals surface area contributed by atoms with Crippen molar-refractivity contribution in [2.75, 3.05) is 14.2 Å². The van der Waals surface area contributed by atoms with Crippen LogP contribution in [-0.2, 0) is 15.2 Å². The molecule has 0 N–H and O–H groups in total. The predicted octanol–water partition coefficient (Wildman–Crippen LogP) is 3.20. The molecule has 0 fully saturated rings. The Kier molecular flexibility index (Phi) is 5.46. The first kappa shape index (κ1) is 14.9. The summed E-state index contributed by atoms with van der Waals surface area (Å²) in [7, 11) is 3.11. The van der Waals surface area contributed by atoms with Gasteiger partial charge in [0.1, 0.15) is 11.6 Å². The van der Waals surface area contributed by atoms with E-state index >= 15 is 0 Å². The molecule has 0 aliphatic carbocycles. The molecule has 1 heterocycles. The molecule has 6 heteroatoms. The minimum absolute atomic E-state index is 0.247. The third kappa shape index (κ3) is 4.00. The van der Waals surface area contributed by atoms with Crippen LogP contribution in [0.15, 0.2) is 41.4 Å². The highest BCUT2D eigenvalue weighted by Crippen LogP contribution is 2.22. The molecule has 0 saturated carbocycles. The highest BCUT2D eigenvalue weighted by molar-refractivity contribution is 7.98. The van der Waals surface area contributed by atoms with Crippen LogP contribution in [0.5, 0.6) is 0 Å². The standard InChI is InChI=1S/C14H15FN2O2S/c1-18-14(19-2)12-6-7-16-13(17-12)9-20-11-5-3-4-10(15)8-11/h3-8,14H,9H2,1-2H3. The molecule has 2 aromatic rings. The normalized spacial score (nSPS) is 11.0. The minimum atomic E-state index is -0.504. The van der Waals surface area contributed by atoms with E-state index in [0.717, 1.165) is 4.90 Å². The van der Waals surface area contributed by atoms with Crippen LogP contribution in [0, 0.1) is 5.82 Å². The average Bonchev–Trinajstić information content (AvgIpc) is 2.47. The van der Waals surface area contributed by atoms with Crippen LogP contribution in [-0.4, -0.2) is 24.2 Å². The summed E-state index contributed by atoms with van der Waals surface area (Å²) in [6.45, 7) is 0. The quantitative estimate of drug-likeness (QED) is 0.604. The summed E-state index contributed by atoms with van der Waals surface area (Å²) in [6, 6.07) is 8.18. The molecule has 0 bridgehead atoms. The highest BCUT2D eigenvalue weighted by Gasteiger charge is 2.11. The van der Waals surface area contributed by atoms with Crippen molar-refractivity contribution in [1.29, 1.82) is 0 Å². The van der Waals surface area contributed by atoms with Crippen LogP contribution >= 0.6 is 11.8 Å². The minimum Gasteiger partial charge on any atom is -0.350 e. The summed E-state index contributed by atoms with van der Waals surface area (Å²) in [6.07, 6.45) is 1.16. The van der Waals surface area contributed by atoms with Crippen molar-refractivity contribution in [2.24, 2.45) is 0 Å². The fourth-order valence-electron chi connectivity index (χ4n) is 1.66. The number of halogens is 1. The molecule has 2 rings (SSSR count). The van der Waals surface area contributed by atoms with E-state index in [1.165, 1.54) is 23.9 Å². The Hall–Kier alpha value is -1.50. The van der Waals surface area contributed by atoms with Crippen molar-refractivity contribution < 1.29 is 13.9 Å². The molecule has 0 unspecified atom stereocenters. The summed E-state index contributed by atoms with van der Waals surface area (Å²) < 4.78 is 23.4. The van der Waals surface area contributed by atoms with Gasteiger partial charge in [-0.15, -0.1) is 11.8 Å². The van der Waals surface area contributed by atoms with E-state index in [4.69, 9.17) is 9.47 Å². The number of nitrogens with zero attached hydrogens (tertiary/aromatic N) is 2. The van der Waals surface area contributed by atoms with Gasteiger partial charge in [-0.05, 0) is 24.3 Å². The summed E-state index contributed by atoms with van der Waals surface area (Å²) in [5, 5.41) is 0. The number of benzene rings is 1. The zero-order chi connectivity index (χ0) is 14.4. The molecule has 0 atom stereocenters. The Morgan fingerprint density at radius 1 is 1.25 bits per heavy atom. The van der Waals surface area contributed by atoms with E-state index in [9.17, 15) is 4.39 Å². The van der Waals surface area contributed by atoms with Gasteiger partial charge in [0.15, 0.2) is 0 Å². The lowest BCUT2D eigenvalue weighted by atomic mass is 10.4. The first-order valence-electron chi connectivity index (χ1n) is 5.98. The van der Waals surface area contributed by atoms with Crippen molar-refractivity contribution in [1.82, 2.24) is 9.97 Å². The number of hydrogen-bond donors (Lipinski definition) is 0. The molecular formula is C14H15FN2O2S. The van der Waals surface area contributed by atoms with Crippen molar-refractivity contribution in [2.45, 2.75) is 16.9 Å². The van der Waals surface area contributed by atoms with Crippen molar-refractivity contribution in [3.8, 4) is 0 Å². The molecule has 4 nitrogen and oxygen atoms in total. The number of aromatic nitrogens is 2. The fourth-order valence-corrected chi connectivity index (χ4v) is 2.46. The maximum absolute atomic E-state index is 13.1. The zero-order valence-electron chi connectivity index (χ0n) is 11.2. The first-order valence-corrected chi connectivity index (χ1v) is 6.97. The highest BCUT2D eigenvalue weighted by atomic mass is 32.2. The van der Waals surface area contributed by atoms with Gasteiger partial charge in [0, 0.05) is 25.3 Å². The van der Waals surface area contributed by atoms with E-state index in [2.05, 4.69) is 9.97 Å². The Bertz CT molecular complexity index is 564. The van der Waals surface area contributed by atoms with E-state index < -0.39 is 6.29 Å². The van der Waals surface area contributed by atoms with E-state index in [0.29, 0.717) is 17.3 Å². The second-order valence-corrected chi connectivity index (χ2v) is 5.00. The molecule has 0 saturated heterocycles. The van der Waals surface area contributed by atoms with Crippen LogP contribution in [0.25, 0.3) is 0 Å². The van der Waals surface area contributed by atoms with Crippen LogP contribution in [0.4, 0.5) is 4.39 Å². The number of rotatable bonds is 6. The summed E-state index contributed by atoms with van der Waals surface area (Å²) in [4.78, 5) is 9.41. The van der Waals surface area contributed by atoms with Gasteiger partial charge < -0.3 is 9.47 Å². The molecule has 20 heavy (non-hydrogen) atoms. The van der Waals surface area contributed by atoms with Crippen LogP contribution in [0.1, 0.15) is 17.8 Å². The third-order valence-electron chi connectivity index (χ3n) is 2.56. The molecule has 0 amide bonds. The molecule has 0 radical (unpaired) electrons. The monoisotopic (exact) mass is 294 g/mol. The van der Waals surface area contributed by atoms with Crippen LogP contribution in [0.2, 0.25) is 0 Å². The molecule has 1 aromatic carbocycles. The van der Waals surface area contributed by atoms with E-state index in [1.807, 2.05) is 6.07 Å². The van der Waals surface area contributed by atoms with E-state index in [-0.39, 0.29) is 5.82 Å². The summed E-state index contributed by atoms with van der Waals surface area (Å²) >= 11 is 1.48. The fraction of sp³-hybridized carbons (Fsp3) is 0.286. The SMILES string of the molecule is COC(OC)c1ccnc(CSc2cccc(F)c2)n1. The first-order chi connectivity index (χ1) is 9.72. The molecule has 1 aromatic heterocycles. The Morgan fingerprint density at radius 3 is 2.75 bits per heavy atom. The largest absolute Gasteiger partial charge is 0.350 e. The predicted molar refractivity (Wildman–Crippen MR) is 74.8 cm³/mol. The smallest absolute Gasteiger partial charge is 0.200 e. The van der Waals surface area contributed by atoms with E-state index in [1.54, 1.807) is 32.5 Å². The van der Waals surface area contributed by atoms with Crippen molar-refractivity contribution in [3.05, 3.63) is 53.9 Å². The Morgan fingerprint density at radius 2 is 2.05 bits per heavy atom. The number of ether oxygens (including phenoxy) is 2. The third-order valence-corrected chi connectivity index (χ3v) is 3.55. The number of thioether (sulfide) groups is 1. The topological polar surface area (TPSA) is 44.2 Å². The number of hydrogen-bond acceptors (Lipinski definition) is 5. The lowest BCUT2D eigenvalue weighted by molar-refractivity contribution is -0.108. The molecule has 106 valence electrons. The lowest BCUT2D eigenvalue weighted by Crippen LogP contribution is -2.08. The van der Waals surface area contributed by atoms with Crippen molar-refractivity contribution in [3.63, 3.8) is 0 Å². The van der Waals surface area contributed by atoms with Crippen LogP contribution in [0.3, 0.4) is 0 Å². The van der Waals surface area contributed by atoms with Gasteiger partial charge in [-0.1, -0.05) is 6.07 Å². The van der Waals surface area contributed by atoms with Crippen LogP contribution < -0.4 is 0 Å². The van der Waals surface area contributed by atoms with Crippen molar-refractivity contribution >= 4 is 11.8 Å². The maximum Gasteiger partial charge on any atom is 0.200 e. The van der Waals surface area contributed by atoms with Gasteiger partial charge >= 0.3 is 0 Å². The van der Waals surface area contributed by atoms with Gasteiger partial charge in [0.2, 0.25) is 6.29 Å². The Labute approximate surface area is 121 Å². The van der Waals surface area contributed by atoms with Gasteiger partial charge in [0.25, 0.3) is 0 Å².